The Morgan fingerprint density at radius 1 is 0.435 bits per heavy atom. The summed E-state index contributed by atoms with van der Waals surface area (Å²) in [6.07, 6.45) is 0. The maximum Gasteiger partial charge on any atom is 0.0476 e. The highest BCUT2D eigenvalue weighted by Crippen LogP contribution is 2.51. The van der Waals surface area contributed by atoms with E-state index in [-0.39, 0.29) is 5.41 Å². The van der Waals surface area contributed by atoms with Crippen LogP contribution in [0.15, 0.2) is 140 Å². The fourth-order valence-electron chi connectivity index (χ4n) is 7.82. The third-order valence-electron chi connectivity index (χ3n) is 10.0. The Hall–Kier alpha value is -4.96. The number of thiophene rings is 2. The largest absolute Gasteiger partial charge is 0.310 e. The monoisotopic (exact) mass is 623 g/mol. The zero-order valence-electron chi connectivity index (χ0n) is 25.5. The van der Waals surface area contributed by atoms with E-state index in [0.717, 1.165) is 0 Å². The van der Waals surface area contributed by atoms with Gasteiger partial charge in [-0.25, -0.2) is 0 Å². The molecule has 10 rings (SSSR count). The van der Waals surface area contributed by atoms with Crippen LogP contribution in [0.2, 0.25) is 0 Å². The van der Waals surface area contributed by atoms with E-state index in [4.69, 9.17) is 0 Å². The Kier molecular flexibility index (Phi) is 5.44. The van der Waals surface area contributed by atoms with Gasteiger partial charge < -0.3 is 4.90 Å². The van der Waals surface area contributed by atoms with Gasteiger partial charge in [0.1, 0.15) is 0 Å². The first-order valence-corrected chi connectivity index (χ1v) is 17.5. The molecule has 0 fully saturated rings. The molecule has 1 nitrogen and oxygen atoms in total. The normalized spacial score (nSPS) is 13.6. The van der Waals surface area contributed by atoms with Crippen molar-refractivity contribution in [2.45, 2.75) is 19.3 Å². The van der Waals surface area contributed by atoms with E-state index in [1.165, 1.54) is 90.4 Å². The van der Waals surface area contributed by atoms with Crippen molar-refractivity contribution in [3.8, 4) is 11.1 Å². The fraction of sp³-hybridized carbons (Fsp3) is 0.0698. The van der Waals surface area contributed by atoms with Crippen molar-refractivity contribution in [2.24, 2.45) is 0 Å². The molecule has 1 aliphatic rings. The summed E-state index contributed by atoms with van der Waals surface area (Å²) in [6.45, 7) is 4.70. The molecule has 0 atom stereocenters. The number of hydrogen-bond acceptors (Lipinski definition) is 3. The second-order valence-corrected chi connectivity index (χ2v) is 15.1. The first kappa shape index (κ1) is 26.3. The average Bonchev–Trinajstić information content (AvgIpc) is 3.72. The molecular weight excluding hydrogens is 595 g/mol. The van der Waals surface area contributed by atoms with Gasteiger partial charge >= 0.3 is 0 Å². The second-order valence-electron chi connectivity index (χ2n) is 13.0. The van der Waals surface area contributed by atoms with Gasteiger partial charge in [0.15, 0.2) is 0 Å². The second kappa shape index (κ2) is 9.53. The predicted molar refractivity (Wildman–Crippen MR) is 202 cm³/mol. The van der Waals surface area contributed by atoms with Gasteiger partial charge in [0.05, 0.1) is 0 Å². The van der Waals surface area contributed by atoms with Crippen molar-refractivity contribution < 1.29 is 0 Å². The first-order valence-electron chi connectivity index (χ1n) is 15.8. The van der Waals surface area contributed by atoms with Crippen molar-refractivity contribution in [1.82, 2.24) is 0 Å². The zero-order chi connectivity index (χ0) is 30.6. The highest BCUT2D eigenvalue weighted by atomic mass is 32.1. The SMILES string of the molecule is CC1(C)c2ccccc2-c2cc(N(c3ccc4c(c3)sc3ccc5ccccc5c34)c3ccc4sc5ccccc5c4c3)ccc21. The van der Waals surface area contributed by atoms with Crippen LogP contribution in [0.3, 0.4) is 0 Å². The van der Waals surface area contributed by atoms with Crippen molar-refractivity contribution in [3.05, 3.63) is 151 Å². The summed E-state index contributed by atoms with van der Waals surface area (Å²) in [5.41, 5.74) is 8.97. The molecule has 1 aliphatic carbocycles. The van der Waals surface area contributed by atoms with Gasteiger partial charge in [-0.15, -0.1) is 22.7 Å². The van der Waals surface area contributed by atoms with Crippen LogP contribution in [0, 0.1) is 0 Å². The molecule has 218 valence electrons. The number of fused-ring (bicyclic) bond motifs is 11. The Balaban J connectivity index is 1.22. The van der Waals surface area contributed by atoms with Gasteiger partial charge in [-0.3, -0.25) is 0 Å². The van der Waals surface area contributed by atoms with Crippen molar-refractivity contribution >= 4 is 90.9 Å². The van der Waals surface area contributed by atoms with Crippen LogP contribution >= 0.6 is 22.7 Å². The Morgan fingerprint density at radius 3 is 2.02 bits per heavy atom. The lowest BCUT2D eigenvalue weighted by Crippen LogP contribution is -2.15. The summed E-state index contributed by atoms with van der Waals surface area (Å²) in [4.78, 5) is 2.46. The predicted octanol–water partition coefficient (Wildman–Crippen LogP) is 13.4. The lowest BCUT2D eigenvalue weighted by Gasteiger charge is -2.27. The molecule has 2 aromatic heterocycles. The van der Waals surface area contributed by atoms with E-state index in [1.54, 1.807) is 0 Å². The summed E-state index contributed by atoms with van der Waals surface area (Å²) < 4.78 is 5.29. The molecule has 0 radical (unpaired) electrons. The van der Waals surface area contributed by atoms with Crippen LogP contribution in [-0.2, 0) is 5.41 Å². The summed E-state index contributed by atoms with van der Waals surface area (Å²) >= 11 is 3.76. The molecule has 0 amide bonds. The van der Waals surface area contributed by atoms with Gasteiger partial charge in [-0.05, 0) is 87.6 Å². The van der Waals surface area contributed by atoms with Gasteiger partial charge in [0.2, 0.25) is 0 Å². The van der Waals surface area contributed by atoms with Gasteiger partial charge in [0.25, 0.3) is 0 Å². The third-order valence-corrected chi connectivity index (χ3v) is 12.3. The summed E-state index contributed by atoms with van der Waals surface area (Å²) in [7, 11) is 0. The minimum atomic E-state index is -0.0252. The molecule has 0 saturated carbocycles. The van der Waals surface area contributed by atoms with E-state index < -0.39 is 0 Å². The Labute approximate surface area is 275 Å². The topological polar surface area (TPSA) is 3.24 Å². The minimum Gasteiger partial charge on any atom is -0.310 e. The molecular formula is C43H29NS2. The molecule has 0 N–H and O–H groups in total. The standard InChI is InChI=1S/C43H29NS2/c1-43(2)36-13-7-5-11-31(36)34-23-27(17-20-37(34)43)44(28-18-22-39-35(24-28)32-12-6-8-14-38(32)45-39)29-16-19-33-41(25-29)46-40-21-15-26-9-3-4-10-30(26)42(33)40/h3-25H,1-2H3. The summed E-state index contributed by atoms with van der Waals surface area (Å²) in [6, 6.07) is 52.1. The smallest absolute Gasteiger partial charge is 0.0476 e. The number of hydrogen-bond donors (Lipinski definition) is 0. The molecule has 0 aliphatic heterocycles. The quantitative estimate of drug-likeness (QED) is 0.189. The fourth-order valence-corrected chi connectivity index (χ4v) is 10.1. The van der Waals surface area contributed by atoms with E-state index in [2.05, 4.69) is 158 Å². The van der Waals surface area contributed by atoms with Gasteiger partial charge in [-0.2, -0.15) is 0 Å². The van der Waals surface area contributed by atoms with Crippen LogP contribution in [-0.4, -0.2) is 0 Å². The van der Waals surface area contributed by atoms with Crippen LogP contribution in [0.5, 0.6) is 0 Å². The molecule has 0 spiro atoms. The molecule has 3 heteroatoms. The maximum atomic E-state index is 2.46. The molecule has 0 bridgehead atoms. The highest BCUT2D eigenvalue weighted by molar-refractivity contribution is 7.26. The zero-order valence-corrected chi connectivity index (χ0v) is 27.2. The van der Waals surface area contributed by atoms with Gasteiger partial charge in [-0.1, -0.05) is 98.8 Å². The van der Waals surface area contributed by atoms with Crippen LogP contribution in [0.1, 0.15) is 25.0 Å². The van der Waals surface area contributed by atoms with E-state index in [0.29, 0.717) is 0 Å². The van der Waals surface area contributed by atoms with E-state index >= 15 is 0 Å². The first-order chi connectivity index (χ1) is 22.5. The molecule has 9 aromatic rings. The van der Waals surface area contributed by atoms with E-state index in [9.17, 15) is 0 Å². The molecule has 0 unspecified atom stereocenters. The number of anilines is 3. The minimum absolute atomic E-state index is 0.0252. The number of nitrogens with zero attached hydrogens (tertiary/aromatic N) is 1. The summed E-state index contributed by atoms with van der Waals surface area (Å²) in [5, 5.41) is 7.93. The van der Waals surface area contributed by atoms with Gasteiger partial charge in [0, 0.05) is 62.8 Å². The average molecular weight is 624 g/mol. The van der Waals surface area contributed by atoms with Crippen molar-refractivity contribution in [2.75, 3.05) is 4.90 Å². The van der Waals surface area contributed by atoms with Crippen LogP contribution in [0.25, 0.3) is 62.2 Å². The molecule has 7 aromatic carbocycles. The Bertz CT molecular complexity index is 2690. The lowest BCUT2D eigenvalue weighted by atomic mass is 9.82. The number of benzene rings is 7. The van der Waals surface area contributed by atoms with E-state index in [1.807, 2.05) is 22.7 Å². The molecule has 0 saturated heterocycles. The maximum absolute atomic E-state index is 2.46. The van der Waals surface area contributed by atoms with Crippen molar-refractivity contribution in [3.63, 3.8) is 0 Å². The van der Waals surface area contributed by atoms with Crippen LogP contribution in [0.4, 0.5) is 17.1 Å². The highest BCUT2D eigenvalue weighted by Gasteiger charge is 2.35. The number of rotatable bonds is 3. The molecule has 46 heavy (non-hydrogen) atoms. The van der Waals surface area contributed by atoms with Crippen molar-refractivity contribution in [1.29, 1.82) is 0 Å². The molecule has 2 heterocycles. The lowest BCUT2D eigenvalue weighted by molar-refractivity contribution is 0.660. The Morgan fingerprint density at radius 2 is 1.09 bits per heavy atom. The van der Waals surface area contributed by atoms with Crippen LogP contribution < -0.4 is 4.90 Å². The summed E-state index contributed by atoms with van der Waals surface area (Å²) in [5.74, 6) is 0. The third kappa shape index (κ3) is 3.67.